The van der Waals surface area contributed by atoms with Crippen LogP contribution in [0.4, 0.5) is 15.6 Å². The zero-order valence-electron chi connectivity index (χ0n) is 21.5. The zero-order chi connectivity index (χ0) is 26.6. The number of thiazole rings is 1. The second-order valence-corrected chi connectivity index (χ2v) is 10.9. The highest BCUT2D eigenvalue weighted by atomic mass is 32.1. The Kier molecular flexibility index (Phi) is 7.79. The Morgan fingerprint density at radius 1 is 1.05 bits per heavy atom. The minimum Gasteiger partial charge on any atom is -0.339 e. The molecule has 0 unspecified atom stereocenters. The van der Waals surface area contributed by atoms with Gasteiger partial charge in [0.1, 0.15) is 0 Å². The minimum absolute atomic E-state index is 0.109. The highest BCUT2D eigenvalue weighted by Gasteiger charge is 2.21. The van der Waals surface area contributed by atoms with Crippen LogP contribution in [0.2, 0.25) is 0 Å². The summed E-state index contributed by atoms with van der Waals surface area (Å²) >= 11 is 1.37. The molecule has 3 heterocycles. The predicted molar refractivity (Wildman–Crippen MR) is 144 cm³/mol. The number of fused-ring (bicyclic) bond motifs is 1. The van der Waals surface area contributed by atoms with Crippen LogP contribution in [0.1, 0.15) is 32.5 Å². The van der Waals surface area contributed by atoms with Crippen molar-refractivity contribution < 1.29 is 14.1 Å². The molecule has 0 saturated heterocycles. The Balaban J connectivity index is 1.36. The number of nitrogens with one attached hydrogen (secondary N) is 3. The van der Waals surface area contributed by atoms with Crippen LogP contribution >= 0.6 is 11.3 Å². The summed E-state index contributed by atoms with van der Waals surface area (Å²) in [6, 6.07) is 7.34. The highest BCUT2D eigenvalue weighted by molar-refractivity contribution is 7.22. The first kappa shape index (κ1) is 26.2. The third kappa shape index (κ3) is 7.08. The minimum atomic E-state index is -0.357. The van der Waals surface area contributed by atoms with Gasteiger partial charge in [0.05, 0.1) is 28.6 Å². The van der Waals surface area contributed by atoms with Crippen molar-refractivity contribution in [1.82, 2.24) is 30.3 Å². The van der Waals surface area contributed by atoms with Crippen molar-refractivity contribution >= 4 is 44.3 Å². The number of likely N-dealkylation sites (N-methyl/N-ethyl adjacent to an activating group) is 1. The van der Waals surface area contributed by atoms with Crippen molar-refractivity contribution in [3.8, 4) is 11.1 Å². The molecule has 0 radical (unpaired) electrons. The van der Waals surface area contributed by atoms with E-state index in [1.807, 2.05) is 59.1 Å². The lowest BCUT2D eigenvalue weighted by Crippen LogP contribution is -2.30. The van der Waals surface area contributed by atoms with Crippen LogP contribution < -0.4 is 16.0 Å². The number of amides is 3. The van der Waals surface area contributed by atoms with E-state index in [0.717, 1.165) is 21.3 Å². The van der Waals surface area contributed by atoms with Gasteiger partial charge in [-0.15, -0.1) is 0 Å². The summed E-state index contributed by atoms with van der Waals surface area (Å²) < 4.78 is 6.19. The average Bonchev–Trinajstić information content (AvgIpc) is 3.44. The van der Waals surface area contributed by atoms with Gasteiger partial charge in [-0.05, 0) is 37.9 Å². The van der Waals surface area contributed by atoms with Crippen LogP contribution in [-0.4, -0.2) is 64.1 Å². The first-order chi connectivity index (χ1) is 17.6. The Morgan fingerprint density at radius 2 is 1.86 bits per heavy atom. The average molecular weight is 523 g/mol. The second kappa shape index (κ2) is 11.0. The predicted octanol–water partition coefficient (Wildman–Crippen LogP) is 3.90. The fourth-order valence-corrected chi connectivity index (χ4v) is 4.30. The third-order valence-corrected chi connectivity index (χ3v) is 6.10. The molecule has 0 aliphatic heterocycles. The van der Waals surface area contributed by atoms with Gasteiger partial charge in [0, 0.05) is 30.1 Å². The van der Waals surface area contributed by atoms with Gasteiger partial charge in [-0.25, -0.2) is 9.78 Å². The molecule has 1 aromatic carbocycles. The van der Waals surface area contributed by atoms with Gasteiger partial charge in [-0.2, -0.15) is 4.98 Å². The lowest BCUT2D eigenvalue weighted by Gasteiger charge is -2.10. The Bertz CT molecular complexity index is 1410. The number of hydrogen-bond acceptors (Lipinski definition) is 9. The van der Waals surface area contributed by atoms with E-state index >= 15 is 0 Å². The molecule has 0 saturated carbocycles. The van der Waals surface area contributed by atoms with Crippen LogP contribution in [0.25, 0.3) is 21.3 Å². The van der Waals surface area contributed by atoms with E-state index in [9.17, 15) is 9.59 Å². The molecule has 3 aromatic heterocycles. The highest BCUT2D eigenvalue weighted by Crippen LogP contribution is 2.31. The van der Waals surface area contributed by atoms with Gasteiger partial charge in [0.15, 0.2) is 11.0 Å². The maximum Gasteiger partial charge on any atom is 0.321 e. The topological polar surface area (TPSA) is 138 Å². The second-order valence-electron chi connectivity index (χ2n) is 9.85. The van der Waals surface area contributed by atoms with E-state index in [1.165, 1.54) is 11.3 Å². The molecule has 0 atom stereocenters. The molecule has 3 amide bonds. The van der Waals surface area contributed by atoms with Crippen molar-refractivity contribution in [3.63, 3.8) is 0 Å². The van der Waals surface area contributed by atoms with Crippen LogP contribution in [0.3, 0.4) is 0 Å². The molecule has 0 aliphatic rings. The number of rotatable bonds is 8. The van der Waals surface area contributed by atoms with Crippen LogP contribution in [-0.2, 0) is 16.6 Å². The first-order valence-corrected chi connectivity index (χ1v) is 12.6. The summed E-state index contributed by atoms with van der Waals surface area (Å²) in [6.45, 7) is 6.64. The van der Waals surface area contributed by atoms with Gasteiger partial charge >= 0.3 is 6.03 Å². The third-order valence-electron chi connectivity index (χ3n) is 5.17. The molecule has 4 rings (SSSR count). The molecule has 0 fully saturated rings. The first-order valence-electron chi connectivity index (χ1n) is 11.8. The van der Waals surface area contributed by atoms with E-state index in [0.29, 0.717) is 35.5 Å². The number of carbonyl (C=O) groups is 2. The van der Waals surface area contributed by atoms with Crippen molar-refractivity contribution in [2.45, 2.75) is 32.6 Å². The van der Waals surface area contributed by atoms with Crippen LogP contribution in [0, 0.1) is 0 Å². The molecule has 0 spiro atoms. The lowest BCUT2D eigenvalue weighted by atomic mass is 9.97. The molecule has 0 bridgehead atoms. The number of aromatic nitrogens is 4. The van der Waals surface area contributed by atoms with E-state index < -0.39 is 0 Å². The van der Waals surface area contributed by atoms with E-state index in [1.54, 1.807) is 17.3 Å². The number of urea groups is 1. The van der Waals surface area contributed by atoms with Gasteiger partial charge < -0.3 is 20.1 Å². The summed E-state index contributed by atoms with van der Waals surface area (Å²) in [5.74, 6) is 1.01. The Hall–Kier alpha value is -3.90. The molecule has 37 heavy (non-hydrogen) atoms. The van der Waals surface area contributed by atoms with Crippen molar-refractivity contribution in [1.29, 1.82) is 0 Å². The standard InChI is InChI=1S/C25H30N8O3S/c1-25(2,3)22-30-20(32-36-22)8-9-27-23(35)31-24-29-18-7-6-15(11-19(18)37-24)16-10-17(13-26-12-16)28-21(34)14-33(4)5/h6-7,10-13H,8-9,14H2,1-5H3,(H,28,34)(H2,27,29,31,35). The number of hydrogen-bond donors (Lipinski definition) is 3. The number of benzene rings is 1. The maximum atomic E-state index is 12.4. The molecule has 3 N–H and O–H groups in total. The van der Waals surface area contributed by atoms with Crippen molar-refractivity contribution in [2.75, 3.05) is 37.8 Å². The van der Waals surface area contributed by atoms with Gasteiger partial charge in [0.2, 0.25) is 11.8 Å². The zero-order valence-corrected chi connectivity index (χ0v) is 22.3. The molecular formula is C25H30N8O3S. The van der Waals surface area contributed by atoms with E-state index in [2.05, 4.69) is 36.1 Å². The van der Waals surface area contributed by atoms with Gasteiger partial charge in [-0.1, -0.05) is 43.3 Å². The summed E-state index contributed by atoms with van der Waals surface area (Å²) in [5, 5.41) is 12.9. The lowest BCUT2D eigenvalue weighted by molar-refractivity contribution is -0.116. The summed E-state index contributed by atoms with van der Waals surface area (Å²) in [7, 11) is 3.67. The Morgan fingerprint density at radius 3 is 2.59 bits per heavy atom. The summed E-state index contributed by atoms with van der Waals surface area (Å²) in [5.41, 5.74) is 2.97. The smallest absolute Gasteiger partial charge is 0.321 e. The maximum absolute atomic E-state index is 12.4. The van der Waals surface area contributed by atoms with Crippen LogP contribution in [0.15, 0.2) is 41.2 Å². The fourth-order valence-electron chi connectivity index (χ4n) is 3.40. The number of nitrogens with zero attached hydrogens (tertiary/aromatic N) is 5. The molecule has 0 aliphatic carbocycles. The van der Waals surface area contributed by atoms with Crippen molar-refractivity contribution in [3.05, 3.63) is 48.4 Å². The SMILES string of the molecule is CN(C)CC(=O)Nc1cncc(-c2ccc3nc(NC(=O)NCCc4noc(C(C)(C)C)n4)sc3c2)c1. The van der Waals surface area contributed by atoms with Crippen molar-refractivity contribution in [2.24, 2.45) is 0 Å². The molecule has 11 nitrogen and oxygen atoms in total. The quantitative estimate of drug-likeness (QED) is 0.317. The Labute approximate surface area is 218 Å². The summed E-state index contributed by atoms with van der Waals surface area (Å²) in [4.78, 5) is 39.4. The molecular weight excluding hydrogens is 492 g/mol. The normalized spacial score (nSPS) is 11.6. The fraction of sp³-hybridized carbons (Fsp3) is 0.360. The summed E-state index contributed by atoms with van der Waals surface area (Å²) in [6.07, 6.45) is 3.81. The number of pyridine rings is 1. The van der Waals surface area contributed by atoms with E-state index in [-0.39, 0.29) is 23.9 Å². The van der Waals surface area contributed by atoms with E-state index in [4.69, 9.17) is 4.52 Å². The van der Waals surface area contributed by atoms with Crippen LogP contribution in [0.5, 0.6) is 0 Å². The van der Waals surface area contributed by atoms with Gasteiger partial charge in [0.25, 0.3) is 0 Å². The van der Waals surface area contributed by atoms with Gasteiger partial charge in [-0.3, -0.25) is 15.1 Å². The monoisotopic (exact) mass is 522 g/mol. The molecule has 12 heteroatoms. The largest absolute Gasteiger partial charge is 0.339 e. The molecule has 4 aromatic rings. The molecule has 194 valence electrons. The number of carbonyl (C=O) groups excluding carboxylic acids is 2. The number of anilines is 2.